The van der Waals surface area contributed by atoms with Crippen molar-refractivity contribution in [2.24, 2.45) is 5.92 Å². The van der Waals surface area contributed by atoms with E-state index in [4.69, 9.17) is 0 Å². The molecule has 1 heterocycles. The number of amides is 1. The van der Waals surface area contributed by atoms with Gasteiger partial charge in [0.25, 0.3) is 0 Å². The fourth-order valence-electron chi connectivity index (χ4n) is 2.26. The van der Waals surface area contributed by atoms with Gasteiger partial charge in [0.05, 0.1) is 0 Å². The van der Waals surface area contributed by atoms with Gasteiger partial charge in [-0.25, -0.2) is 4.39 Å². The number of hydrogen-bond donors (Lipinski definition) is 1. The molecule has 1 saturated heterocycles. The second-order valence-electron chi connectivity index (χ2n) is 4.90. The van der Waals surface area contributed by atoms with Gasteiger partial charge >= 0.3 is 0 Å². The molecule has 1 fully saturated rings. The van der Waals surface area contributed by atoms with Gasteiger partial charge in [0, 0.05) is 25.6 Å². The monoisotopic (exact) mass is 286 g/mol. The number of nitrogens with zero attached hydrogens (tertiary/aromatic N) is 1. The molecule has 1 aliphatic rings. The highest BCUT2D eigenvalue weighted by Gasteiger charge is 2.20. The minimum absolute atomic E-state index is 0. The molecule has 0 radical (unpaired) electrons. The van der Waals surface area contributed by atoms with E-state index >= 15 is 0 Å². The topological polar surface area (TPSA) is 32.3 Å². The van der Waals surface area contributed by atoms with Crippen molar-refractivity contribution in [2.45, 2.75) is 19.4 Å². The van der Waals surface area contributed by atoms with Gasteiger partial charge in [0.1, 0.15) is 5.82 Å². The molecule has 106 valence electrons. The highest BCUT2D eigenvalue weighted by molar-refractivity contribution is 5.85. The molecule has 0 saturated carbocycles. The first-order valence-corrected chi connectivity index (χ1v) is 6.35. The molecule has 1 aromatic carbocycles. The molecule has 5 heteroatoms. The Morgan fingerprint density at radius 1 is 1.47 bits per heavy atom. The van der Waals surface area contributed by atoms with Gasteiger partial charge < -0.3 is 10.2 Å². The molecule has 1 amide bonds. The zero-order chi connectivity index (χ0) is 13.0. The molecule has 3 nitrogen and oxygen atoms in total. The minimum atomic E-state index is -0.250. The fraction of sp³-hybridized carbons (Fsp3) is 0.500. The second-order valence-corrected chi connectivity index (χ2v) is 4.90. The Kier molecular flexibility index (Phi) is 6.25. The van der Waals surface area contributed by atoms with E-state index in [0.29, 0.717) is 24.4 Å². The lowest BCUT2D eigenvalue weighted by Crippen LogP contribution is -2.28. The molecule has 1 aliphatic heterocycles. The summed E-state index contributed by atoms with van der Waals surface area (Å²) < 4.78 is 13.5. The standard InChI is InChI=1S/C14H19FN2O.ClH/c1-17(10-12-4-2-3-5-13(12)15)14(18)8-11-6-7-16-9-11;/h2-5,11,16H,6-10H2,1H3;1H. The summed E-state index contributed by atoms with van der Waals surface area (Å²) in [6.07, 6.45) is 1.61. The average molecular weight is 287 g/mol. The van der Waals surface area contributed by atoms with Crippen LogP contribution in [-0.4, -0.2) is 30.9 Å². The minimum Gasteiger partial charge on any atom is -0.341 e. The lowest BCUT2D eigenvalue weighted by molar-refractivity contribution is -0.131. The highest BCUT2D eigenvalue weighted by atomic mass is 35.5. The van der Waals surface area contributed by atoms with Crippen molar-refractivity contribution < 1.29 is 9.18 Å². The van der Waals surface area contributed by atoms with Crippen LogP contribution in [0.4, 0.5) is 4.39 Å². The summed E-state index contributed by atoms with van der Waals surface area (Å²) in [4.78, 5) is 13.6. The largest absolute Gasteiger partial charge is 0.341 e. The molecule has 1 aromatic rings. The molecule has 2 rings (SSSR count). The van der Waals surface area contributed by atoms with Crippen LogP contribution in [0.25, 0.3) is 0 Å². The maximum Gasteiger partial charge on any atom is 0.222 e. The summed E-state index contributed by atoms with van der Waals surface area (Å²) >= 11 is 0. The molecule has 0 aromatic heterocycles. The van der Waals surface area contributed by atoms with E-state index < -0.39 is 0 Å². The third-order valence-electron chi connectivity index (χ3n) is 3.42. The Labute approximate surface area is 119 Å². The van der Waals surface area contributed by atoms with Crippen LogP contribution >= 0.6 is 12.4 Å². The predicted octanol–water partition coefficient (Wildman–Crippen LogP) is 2.21. The number of carbonyl (C=O) groups excluding carboxylic acids is 1. The van der Waals surface area contributed by atoms with Crippen LogP contribution in [0.1, 0.15) is 18.4 Å². The fourth-order valence-corrected chi connectivity index (χ4v) is 2.26. The maximum atomic E-state index is 13.5. The molecule has 0 bridgehead atoms. The van der Waals surface area contributed by atoms with E-state index in [9.17, 15) is 9.18 Å². The summed E-state index contributed by atoms with van der Waals surface area (Å²) in [5, 5.41) is 3.24. The Bertz CT molecular complexity index is 422. The number of rotatable bonds is 4. The molecular weight excluding hydrogens is 267 g/mol. The van der Waals surface area contributed by atoms with E-state index in [1.165, 1.54) is 6.07 Å². The van der Waals surface area contributed by atoms with E-state index in [-0.39, 0.29) is 24.1 Å². The van der Waals surface area contributed by atoms with Crippen molar-refractivity contribution >= 4 is 18.3 Å². The summed E-state index contributed by atoms with van der Waals surface area (Å²) in [6, 6.07) is 6.59. The van der Waals surface area contributed by atoms with Crippen molar-refractivity contribution in [3.63, 3.8) is 0 Å². The Hall–Kier alpha value is -1.13. The van der Waals surface area contributed by atoms with E-state index in [1.807, 2.05) is 0 Å². The number of carbonyl (C=O) groups is 1. The van der Waals surface area contributed by atoms with Crippen molar-refractivity contribution in [1.82, 2.24) is 10.2 Å². The lowest BCUT2D eigenvalue weighted by atomic mass is 10.0. The average Bonchev–Trinajstić information content (AvgIpc) is 2.84. The number of benzene rings is 1. The molecule has 1 N–H and O–H groups in total. The van der Waals surface area contributed by atoms with Crippen LogP contribution in [0.5, 0.6) is 0 Å². The molecule has 1 atom stereocenters. The summed E-state index contributed by atoms with van der Waals surface area (Å²) in [5.41, 5.74) is 0.567. The van der Waals surface area contributed by atoms with Gasteiger partial charge in [-0.15, -0.1) is 12.4 Å². The smallest absolute Gasteiger partial charge is 0.222 e. The van der Waals surface area contributed by atoms with Gasteiger partial charge in [-0.1, -0.05) is 18.2 Å². The van der Waals surface area contributed by atoms with Gasteiger partial charge in [-0.2, -0.15) is 0 Å². The molecule has 0 aliphatic carbocycles. The SMILES string of the molecule is CN(Cc1ccccc1F)C(=O)CC1CCNC1.Cl. The zero-order valence-corrected chi connectivity index (χ0v) is 11.9. The third kappa shape index (κ3) is 4.48. The van der Waals surface area contributed by atoms with Gasteiger partial charge in [0.2, 0.25) is 5.91 Å². The Morgan fingerprint density at radius 2 is 2.21 bits per heavy atom. The van der Waals surface area contributed by atoms with Crippen LogP contribution in [0.2, 0.25) is 0 Å². The zero-order valence-electron chi connectivity index (χ0n) is 11.1. The maximum absolute atomic E-state index is 13.5. The first-order valence-electron chi connectivity index (χ1n) is 6.35. The lowest BCUT2D eigenvalue weighted by Gasteiger charge is -2.19. The highest BCUT2D eigenvalue weighted by Crippen LogP contribution is 2.15. The summed E-state index contributed by atoms with van der Waals surface area (Å²) in [7, 11) is 1.73. The van der Waals surface area contributed by atoms with Crippen molar-refractivity contribution in [3.8, 4) is 0 Å². The Morgan fingerprint density at radius 3 is 2.84 bits per heavy atom. The van der Waals surface area contributed by atoms with Gasteiger partial charge in [-0.3, -0.25) is 4.79 Å². The molecule has 1 unspecified atom stereocenters. The van der Waals surface area contributed by atoms with Crippen LogP contribution in [0.3, 0.4) is 0 Å². The number of nitrogens with one attached hydrogen (secondary N) is 1. The van der Waals surface area contributed by atoms with Crippen molar-refractivity contribution in [3.05, 3.63) is 35.6 Å². The van der Waals surface area contributed by atoms with E-state index in [2.05, 4.69) is 5.32 Å². The number of halogens is 2. The van der Waals surface area contributed by atoms with Crippen molar-refractivity contribution in [1.29, 1.82) is 0 Å². The van der Waals surface area contributed by atoms with E-state index in [1.54, 1.807) is 30.1 Å². The van der Waals surface area contributed by atoms with E-state index in [0.717, 1.165) is 19.5 Å². The second kappa shape index (κ2) is 7.46. The summed E-state index contributed by atoms with van der Waals surface area (Å²) in [5.74, 6) is 0.271. The van der Waals surface area contributed by atoms with Crippen LogP contribution in [0, 0.1) is 11.7 Å². The summed E-state index contributed by atoms with van der Waals surface area (Å²) in [6.45, 7) is 2.25. The normalized spacial score (nSPS) is 17.9. The van der Waals surface area contributed by atoms with Gasteiger partial charge in [0.15, 0.2) is 0 Å². The molecular formula is C14H20ClFN2O. The third-order valence-corrected chi connectivity index (χ3v) is 3.42. The predicted molar refractivity (Wildman–Crippen MR) is 75.7 cm³/mol. The molecule has 19 heavy (non-hydrogen) atoms. The Balaban J connectivity index is 0.00000180. The van der Waals surface area contributed by atoms with Crippen LogP contribution < -0.4 is 5.32 Å². The van der Waals surface area contributed by atoms with Crippen molar-refractivity contribution in [2.75, 3.05) is 20.1 Å². The number of hydrogen-bond acceptors (Lipinski definition) is 2. The first kappa shape index (κ1) is 15.9. The first-order chi connectivity index (χ1) is 8.66. The van der Waals surface area contributed by atoms with Crippen LogP contribution in [-0.2, 0) is 11.3 Å². The molecule has 0 spiro atoms. The van der Waals surface area contributed by atoms with Gasteiger partial charge in [-0.05, 0) is 31.5 Å². The van der Waals surface area contributed by atoms with Crippen LogP contribution in [0.15, 0.2) is 24.3 Å². The quantitative estimate of drug-likeness (QED) is 0.920.